The summed E-state index contributed by atoms with van der Waals surface area (Å²) in [5.41, 5.74) is 12.7. The van der Waals surface area contributed by atoms with Gasteiger partial charge in [0.1, 0.15) is 23.2 Å². The van der Waals surface area contributed by atoms with Gasteiger partial charge in [-0.3, -0.25) is 19.3 Å². The van der Waals surface area contributed by atoms with E-state index in [2.05, 4.69) is 25.9 Å². The largest absolute Gasteiger partial charge is 0.477 e. The summed E-state index contributed by atoms with van der Waals surface area (Å²) in [4.78, 5) is 50.7. The van der Waals surface area contributed by atoms with Crippen LogP contribution in [0.2, 0.25) is 0 Å². The molecule has 1 aromatic heterocycles. The minimum atomic E-state index is -1.31. The maximum Gasteiger partial charge on any atom is 0.352 e. The Morgan fingerprint density at radius 1 is 1.30 bits per heavy atom. The third-order valence-corrected chi connectivity index (χ3v) is 8.41. The molecule has 3 unspecified atom stereocenters. The molecular weight excluding hydrogens is 524 g/mol. The van der Waals surface area contributed by atoms with Crippen molar-refractivity contribution in [2.75, 3.05) is 5.75 Å². The quantitative estimate of drug-likeness (QED) is 0.144. The third-order valence-electron chi connectivity index (χ3n) is 5.92. The normalized spacial score (nSPS) is 20.6. The van der Waals surface area contributed by atoms with E-state index in [1.807, 2.05) is 0 Å². The van der Waals surface area contributed by atoms with Gasteiger partial charge in [0.15, 0.2) is 0 Å². The molecule has 0 spiro atoms. The highest BCUT2D eigenvalue weighted by molar-refractivity contribution is 8.01. The summed E-state index contributed by atoms with van der Waals surface area (Å²) in [5, 5.41) is 34.4. The SMILES string of the molecule is NC(=O)CCC(Sc1nn[nH]n1)C1=C(C(=O)O)N2C(=O)C(NC(=O)C(N)c3ccc(CO)cc3)[C@@H]2SC1. The van der Waals surface area contributed by atoms with Gasteiger partial charge in [-0.25, -0.2) is 4.79 Å². The van der Waals surface area contributed by atoms with Crippen LogP contribution in [0, 0.1) is 0 Å². The number of primary amides is 1. The van der Waals surface area contributed by atoms with Crippen LogP contribution in [0.4, 0.5) is 0 Å². The van der Waals surface area contributed by atoms with Crippen molar-refractivity contribution in [3.63, 3.8) is 0 Å². The average Bonchev–Trinajstić information content (AvgIpc) is 3.41. The number of aliphatic hydroxyl groups is 1. The highest BCUT2D eigenvalue weighted by Gasteiger charge is 2.55. The first-order valence-electron chi connectivity index (χ1n) is 11.1. The van der Waals surface area contributed by atoms with E-state index in [1.165, 1.54) is 11.8 Å². The van der Waals surface area contributed by atoms with Gasteiger partial charge < -0.3 is 27.0 Å². The summed E-state index contributed by atoms with van der Waals surface area (Å²) < 4.78 is 0. The molecule has 0 bridgehead atoms. The first-order chi connectivity index (χ1) is 17.7. The van der Waals surface area contributed by atoms with Crippen LogP contribution in [0.5, 0.6) is 0 Å². The van der Waals surface area contributed by atoms with Gasteiger partial charge in [0, 0.05) is 17.4 Å². The minimum Gasteiger partial charge on any atom is -0.477 e. The van der Waals surface area contributed by atoms with Crippen molar-refractivity contribution < 1.29 is 29.4 Å². The zero-order valence-electron chi connectivity index (χ0n) is 19.2. The number of benzene rings is 1. The number of aliphatic hydroxyl groups excluding tert-OH is 1. The lowest BCUT2D eigenvalue weighted by Crippen LogP contribution is -2.71. The molecule has 2 aliphatic heterocycles. The minimum absolute atomic E-state index is 0.0101. The van der Waals surface area contributed by atoms with E-state index in [4.69, 9.17) is 11.5 Å². The standard InChI is InChI=1S/C21H24N8O6S2/c22-13(31)6-5-12(37-21-25-27-28-26-21)11-8-36-19-15(18(33)29(19)16(11)20(34)35)24-17(32)14(23)10-3-1-9(7-30)2-4-10/h1-4,12,14-15,19,30H,5-8,23H2,(H2,22,31)(H,24,32)(H,34,35)(H,25,26,27,28)/t12?,14?,15?,19-/m0/s1. The maximum absolute atomic E-state index is 13.1. The topological polar surface area (TPSA) is 231 Å². The summed E-state index contributed by atoms with van der Waals surface area (Å²) in [6, 6.07) is 4.50. The van der Waals surface area contributed by atoms with Crippen molar-refractivity contribution in [2.24, 2.45) is 11.5 Å². The van der Waals surface area contributed by atoms with Crippen LogP contribution < -0.4 is 16.8 Å². The number of rotatable bonds is 11. The number of β-lactam (4-membered cyclic amide) rings is 1. The fourth-order valence-electron chi connectivity index (χ4n) is 4.02. The number of fused-ring (bicyclic) bond motifs is 1. The van der Waals surface area contributed by atoms with Gasteiger partial charge in [-0.05, 0) is 28.3 Å². The Hall–Kier alpha value is -3.47. The lowest BCUT2D eigenvalue weighted by molar-refractivity contribution is -0.150. The van der Waals surface area contributed by atoms with E-state index >= 15 is 0 Å². The number of carboxylic acid groups (broad SMARTS) is 1. The molecule has 4 rings (SSSR count). The number of carbonyl (C=O) groups is 4. The molecule has 37 heavy (non-hydrogen) atoms. The van der Waals surface area contributed by atoms with E-state index in [-0.39, 0.29) is 36.1 Å². The van der Waals surface area contributed by atoms with Crippen LogP contribution in [-0.4, -0.2) is 81.8 Å². The predicted octanol–water partition coefficient (Wildman–Crippen LogP) is -1.14. The fourth-order valence-corrected chi connectivity index (χ4v) is 6.56. The number of tetrazole rings is 1. The number of carbonyl (C=O) groups excluding carboxylic acids is 3. The number of H-pyrrole nitrogens is 1. The summed E-state index contributed by atoms with van der Waals surface area (Å²) >= 11 is 2.40. The highest BCUT2D eigenvalue weighted by Crippen LogP contribution is 2.44. The van der Waals surface area contributed by atoms with Crippen LogP contribution in [-0.2, 0) is 25.8 Å². The van der Waals surface area contributed by atoms with Crippen molar-refractivity contribution in [2.45, 2.75) is 47.3 Å². The molecule has 3 amide bonds. The molecule has 2 aliphatic rings. The lowest BCUT2D eigenvalue weighted by atomic mass is 9.99. The summed E-state index contributed by atoms with van der Waals surface area (Å²) in [6.45, 7) is -0.147. The van der Waals surface area contributed by atoms with E-state index in [0.29, 0.717) is 16.7 Å². The molecule has 1 saturated heterocycles. The molecule has 0 radical (unpaired) electrons. The molecule has 196 valence electrons. The molecule has 3 heterocycles. The Bertz CT molecular complexity index is 1220. The first kappa shape index (κ1) is 26.6. The number of thioether (sulfide) groups is 2. The zero-order chi connectivity index (χ0) is 26.7. The van der Waals surface area contributed by atoms with Gasteiger partial charge >= 0.3 is 5.97 Å². The number of aliphatic carboxylic acids is 1. The van der Waals surface area contributed by atoms with Gasteiger partial charge in [0.25, 0.3) is 5.91 Å². The number of carboxylic acids is 1. The Morgan fingerprint density at radius 3 is 2.62 bits per heavy atom. The Labute approximate surface area is 218 Å². The number of hydrogen-bond donors (Lipinski definition) is 6. The fraction of sp³-hybridized carbons (Fsp3) is 0.381. The molecule has 8 N–H and O–H groups in total. The molecule has 14 nitrogen and oxygen atoms in total. The van der Waals surface area contributed by atoms with E-state index in [9.17, 15) is 29.4 Å². The van der Waals surface area contributed by atoms with Crippen molar-refractivity contribution in [1.82, 2.24) is 30.8 Å². The first-order valence-corrected chi connectivity index (χ1v) is 13.0. The number of aromatic amines is 1. The van der Waals surface area contributed by atoms with E-state index < -0.39 is 46.4 Å². The average molecular weight is 549 g/mol. The third kappa shape index (κ3) is 5.61. The Balaban J connectivity index is 1.52. The van der Waals surface area contributed by atoms with Gasteiger partial charge in [-0.15, -0.1) is 22.0 Å². The number of nitrogens with two attached hydrogens (primary N) is 2. The van der Waals surface area contributed by atoms with Crippen molar-refractivity contribution in [3.8, 4) is 0 Å². The summed E-state index contributed by atoms with van der Waals surface area (Å²) in [6.07, 6.45) is 0.196. The van der Waals surface area contributed by atoms with Crippen LogP contribution in [0.15, 0.2) is 40.7 Å². The molecule has 0 aliphatic carbocycles. The molecule has 1 fully saturated rings. The molecule has 0 saturated carbocycles. The van der Waals surface area contributed by atoms with Gasteiger partial charge in [0.05, 0.1) is 6.61 Å². The van der Waals surface area contributed by atoms with Crippen molar-refractivity contribution in [3.05, 3.63) is 46.7 Å². The van der Waals surface area contributed by atoms with E-state index in [1.54, 1.807) is 24.3 Å². The second kappa shape index (κ2) is 11.3. The van der Waals surface area contributed by atoms with Crippen LogP contribution >= 0.6 is 23.5 Å². The van der Waals surface area contributed by atoms with Gasteiger partial charge in [-0.2, -0.15) is 5.21 Å². The number of nitrogens with zero attached hydrogens (tertiary/aromatic N) is 4. The van der Waals surface area contributed by atoms with Crippen LogP contribution in [0.25, 0.3) is 0 Å². The zero-order valence-corrected chi connectivity index (χ0v) is 20.9. The molecule has 1 aromatic carbocycles. The second-order valence-corrected chi connectivity index (χ2v) is 10.5. The van der Waals surface area contributed by atoms with Gasteiger partial charge in [-0.1, -0.05) is 36.0 Å². The maximum atomic E-state index is 13.1. The smallest absolute Gasteiger partial charge is 0.352 e. The number of nitrogens with one attached hydrogen (secondary N) is 2. The number of aromatic nitrogens is 4. The lowest BCUT2D eigenvalue weighted by Gasteiger charge is -2.50. The second-order valence-electron chi connectivity index (χ2n) is 8.26. The molecule has 2 aromatic rings. The summed E-state index contributed by atoms with van der Waals surface area (Å²) in [7, 11) is 0. The van der Waals surface area contributed by atoms with E-state index in [0.717, 1.165) is 16.7 Å². The monoisotopic (exact) mass is 548 g/mol. The Kier molecular flexibility index (Phi) is 8.11. The predicted molar refractivity (Wildman–Crippen MR) is 131 cm³/mol. The summed E-state index contributed by atoms with van der Waals surface area (Å²) in [5.74, 6) is -2.80. The molecule has 4 atom stereocenters. The molecule has 16 heteroatoms. The number of hydrogen-bond acceptors (Lipinski definition) is 11. The number of amides is 3. The van der Waals surface area contributed by atoms with Crippen molar-refractivity contribution >= 4 is 47.2 Å². The van der Waals surface area contributed by atoms with Crippen LogP contribution in [0.3, 0.4) is 0 Å². The molecular formula is C21H24N8O6S2. The van der Waals surface area contributed by atoms with Crippen molar-refractivity contribution in [1.29, 1.82) is 0 Å². The Morgan fingerprint density at radius 2 is 2.03 bits per heavy atom. The highest BCUT2D eigenvalue weighted by atomic mass is 32.2. The van der Waals surface area contributed by atoms with Crippen LogP contribution in [0.1, 0.15) is 30.0 Å². The van der Waals surface area contributed by atoms with Gasteiger partial charge in [0.2, 0.25) is 17.0 Å².